The monoisotopic (exact) mass is 268 g/mol. The van der Waals surface area contributed by atoms with Gasteiger partial charge in [0.2, 0.25) is 0 Å². The van der Waals surface area contributed by atoms with Crippen LogP contribution in [0.4, 0.5) is 0 Å². The Hall–Kier alpha value is -1.71. The summed E-state index contributed by atoms with van der Waals surface area (Å²) < 4.78 is 0. The molecule has 2 heterocycles. The second-order valence-corrected chi connectivity index (χ2v) is 5.47. The first kappa shape index (κ1) is 13.3. The molecule has 1 aromatic carbocycles. The molecule has 1 fully saturated rings. The Balaban J connectivity index is 1.74. The van der Waals surface area contributed by atoms with Crippen LogP contribution in [0, 0.1) is 0 Å². The van der Waals surface area contributed by atoms with Crippen molar-refractivity contribution in [3.05, 3.63) is 54.4 Å². The van der Waals surface area contributed by atoms with E-state index >= 15 is 0 Å². The van der Waals surface area contributed by atoms with Crippen molar-refractivity contribution >= 4 is 0 Å². The molecule has 1 aliphatic heterocycles. The van der Waals surface area contributed by atoms with Crippen LogP contribution in [0.5, 0.6) is 0 Å². The molecular weight excluding hydrogens is 248 g/mol. The van der Waals surface area contributed by atoms with Gasteiger partial charge < -0.3 is 5.11 Å². The summed E-state index contributed by atoms with van der Waals surface area (Å²) in [4.78, 5) is 6.39. The molecule has 1 aromatic heterocycles. The van der Waals surface area contributed by atoms with Crippen LogP contribution in [0.2, 0.25) is 0 Å². The smallest absolute Gasteiger partial charge is 0.0667 e. The number of β-amino-alcohol motifs (C(OH)–C–C–N with tert-alkyl or cyclic N) is 1. The molecule has 0 saturated carbocycles. The average Bonchev–Trinajstić information content (AvgIpc) is 2.48. The molecule has 0 bridgehead atoms. The van der Waals surface area contributed by atoms with Crippen molar-refractivity contribution in [3.63, 3.8) is 0 Å². The molecule has 0 aliphatic carbocycles. The number of aliphatic hydroxyl groups excluding tert-OH is 1. The van der Waals surface area contributed by atoms with Gasteiger partial charge in [-0.25, -0.2) is 0 Å². The highest BCUT2D eigenvalue weighted by Crippen LogP contribution is 2.21. The fourth-order valence-corrected chi connectivity index (χ4v) is 2.83. The van der Waals surface area contributed by atoms with Gasteiger partial charge in [-0.15, -0.1) is 0 Å². The molecule has 1 atom stereocenters. The van der Waals surface area contributed by atoms with Gasteiger partial charge in [-0.2, -0.15) is 0 Å². The molecule has 1 unspecified atom stereocenters. The molecule has 0 spiro atoms. The van der Waals surface area contributed by atoms with Gasteiger partial charge in [0, 0.05) is 25.5 Å². The van der Waals surface area contributed by atoms with E-state index in [1.165, 1.54) is 16.7 Å². The number of benzene rings is 1. The van der Waals surface area contributed by atoms with Gasteiger partial charge in [-0.1, -0.05) is 18.2 Å². The van der Waals surface area contributed by atoms with Gasteiger partial charge in [-0.05, 0) is 54.3 Å². The Bertz CT molecular complexity index is 556. The number of hydrogen-bond donors (Lipinski definition) is 1. The minimum absolute atomic E-state index is 0.160. The van der Waals surface area contributed by atoms with Crippen LogP contribution in [-0.2, 0) is 6.54 Å². The maximum atomic E-state index is 9.74. The molecule has 2 aromatic rings. The van der Waals surface area contributed by atoms with Crippen molar-refractivity contribution < 1.29 is 5.11 Å². The number of nitrogens with zero attached hydrogens (tertiary/aromatic N) is 2. The van der Waals surface area contributed by atoms with E-state index < -0.39 is 0 Å². The molecule has 1 aliphatic rings. The summed E-state index contributed by atoms with van der Waals surface area (Å²) in [6.45, 7) is 2.78. The molecule has 20 heavy (non-hydrogen) atoms. The van der Waals surface area contributed by atoms with Crippen LogP contribution in [0.15, 0.2) is 48.8 Å². The first-order chi connectivity index (χ1) is 9.81. The predicted octanol–water partition coefficient (Wildman–Crippen LogP) is 2.71. The van der Waals surface area contributed by atoms with E-state index in [0.29, 0.717) is 0 Å². The summed E-state index contributed by atoms with van der Waals surface area (Å²) in [5, 5.41) is 9.74. The molecule has 1 N–H and O–H groups in total. The predicted molar refractivity (Wildman–Crippen MR) is 80.2 cm³/mol. The van der Waals surface area contributed by atoms with Gasteiger partial charge in [0.25, 0.3) is 0 Å². The molecule has 1 saturated heterocycles. The molecule has 3 nitrogen and oxygen atoms in total. The zero-order valence-corrected chi connectivity index (χ0v) is 11.6. The van der Waals surface area contributed by atoms with Crippen LogP contribution in [0.1, 0.15) is 18.4 Å². The lowest BCUT2D eigenvalue weighted by atomic mass is 10.0. The standard InChI is InChI=1S/C17H20N2O/c20-17-5-2-10-19(13-17)12-14-3-1-4-16(11-14)15-6-8-18-9-7-15/h1,3-4,6-9,11,17,20H,2,5,10,12-13H2. The lowest BCUT2D eigenvalue weighted by Gasteiger charge is -2.30. The molecule has 3 rings (SSSR count). The number of aliphatic hydroxyl groups is 1. The van der Waals surface area contributed by atoms with Crippen LogP contribution < -0.4 is 0 Å². The van der Waals surface area contributed by atoms with Crippen LogP contribution in [0.3, 0.4) is 0 Å². The Morgan fingerprint density at radius 1 is 1.15 bits per heavy atom. The van der Waals surface area contributed by atoms with Gasteiger partial charge in [0.1, 0.15) is 0 Å². The third-order valence-corrected chi connectivity index (χ3v) is 3.83. The van der Waals surface area contributed by atoms with Gasteiger partial charge in [0.05, 0.1) is 6.10 Å². The average molecular weight is 268 g/mol. The van der Waals surface area contributed by atoms with Crippen molar-refractivity contribution in [3.8, 4) is 11.1 Å². The Kier molecular flexibility index (Phi) is 4.09. The number of rotatable bonds is 3. The van der Waals surface area contributed by atoms with Crippen molar-refractivity contribution in [1.82, 2.24) is 9.88 Å². The summed E-state index contributed by atoms with van der Waals surface area (Å²) in [5.41, 5.74) is 3.72. The molecule has 0 amide bonds. The van der Waals surface area contributed by atoms with E-state index in [9.17, 15) is 5.11 Å². The summed E-state index contributed by atoms with van der Waals surface area (Å²) in [5.74, 6) is 0. The summed E-state index contributed by atoms with van der Waals surface area (Å²) in [7, 11) is 0. The lowest BCUT2D eigenvalue weighted by Crippen LogP contribution is -2.37. The first-order valence-corrected chi connectivity index (χ1v) is 7.21. The van der Waals surface area contributed by atoms with Crippen LogP contribution in [-0.4, -0.2) is 34.2 Å². The second kappa shape index (κ2) is 6.16. The third-order valence-electron chi connectivity index (χ3n) is 3.83. The largest absolute Gasteiger partial charge is 0.392 e. The highest BCUT2D eigenvalue weighted by molar-refractivity contribution is 5.63. The van der Waals surface area contributed by atoms with Crippen LogP contribution >= 0.6 is 0 Å². The van der Waals surface area contributed by atoms with Crippen molar-refractivity contribution in [2.45, 2.75) is 25.5 Å². The van der Waals surface area contributed by atoms with E-state index in [2.05, 4.69) is 34.1 Å². The van der Waals surface area contributed by atoms with E-state index in [-0.39, 0.29) is 6.10 Å². The quantitative estimate of drug-likeness (QED) is 0.930. The Labute approximate surface area is 119 Å². The molecule has 0 radical (unpaired) electrons. The maximum absolute atomic E-state index is 9.74. The van der Waals surface area contributed by atoms with Crippen molar-refractivity contribution in [1.29, 1.82) is 0 Å². The van der Waals surface area contributed by atoms with E-state index in [1.807, 2.05) is 24.5 Å². The molecule has 3 heteroatoms. The zero-order chi connectivity index (χ0) is 13.8. The number of aromatic nitrogens is 1. The fourth-order valence-electron chi connectivity index (χ4n) is 2.83. The fraction of sp³-hybridized carbons (Fsp3) is 0.353. The van der Waals surface area contributed by atoms with Gasteiger partial charge in [-0.3, -0.25) is 9.88 Å². The minimum Gasteiger partial charge on any atom is -0.392 e. The maximum Gasteiger partial charge on any atom is 0.0667 e. The summed E-state index contributed by atoms with van der Waals surface area (Å²) >= 11 is 0. The number of likely N-dealkylation sites (tertiary alicyclic amines) is 1. The van der Waals surface area contributed by atoms with Gasteiger partial charge in [0.15, 0.2) is 0 Å². The number of hydrogen-bond acceptors (Lipinski definition) is 3. The summed E-state index contributed by atoms with van der Waals surface area (Å²) in [6.07, 6.45) is 5.51. The lowest BCUT2D eigenvalue weighted by molar-refractivity contribution is 0.0668. The van der Waals surface area contributed by atoms with E-state index in [0.717, 1.165) is 32.5 Å². The number of pyridine rings is 1. The summed E-state index contributed by atoms with van der Waals surface area (Å²) in [6, 6.07) is 12.7. The second-order valence-electron chi connectivity index (χ2n) is 5.47. The highest BCUT2D eigenvalue weighted by atomic mass is 16.3. The topological polar surface area (TPSA) is 36.4 Å². The first-order valence-electron chi connectivity index (χ1n) is 7.21. The van der Waals surface area contributed by atoms with Crippen LogP contribution in [0.25, 0.3) is 11.1 Å². The SMILES string of the molecule is OC1CCCN(Cc2cccc(-c3ccncc3)c2)C1. The number of piperidine rings is 1. The van der Waals surface area contributed by atoms with Gasteiger partial charge >= 0.3 is 0 Å². The van der Waals surface area contributed by atoms with Crippen molar-refractivity contribution in [2.75, 3.05) is 13.1 Å². The Morgan fingerprint density at radius 3 is 2.80 bits per heavy atom. The van der Waals surface area contributed by atoms with E-state index in [1.54, 1.807) is 0 Å². The zero-order valence-electron chi connectivity index (χ0n) is 11.6. The third kappa shape index (κ3) is 3.24. The van der Waals surface area contributed by atoms with E-state index in [4.69, 9.17) is 0 Å². The minimum atomic E-state index is -0.160. The van der Waals surface area contributed by atoms with Crippen molar-refractivity contribution in [2.24, 2.45) is 0 Å². The highest BCUT2D eigenvalue weighted by Gasteiger charge is 2.17. The normalized spacial score (nSPS) is 19.9. The Morgan fingerprint density at radius 2 is 2.00 bits per heavy atom. The molecular formula is C17H20N2O. The molecule has 104 valence electrons.